The predicted molar refractivity (Wildman–Crippen MR) is 89.7 cm³/mol. The second-order valence-electron chi connectivity index (χ2n) is 5.92. The van der Waals surface area contributed by atoms with E-state index in [1.807, 2.05) is 18.2 Å². The number of carboxylic acids is 1. The molecule has 1 fully saturated rings. The molecule has 6 nitrogen and oxygen atoms in total. The molecule has 1 aromatic carbocycles. The number of carbonyl (C=O) groups is 2. The van der Waals surface area contributed by atoms with Crippen molar-refractivity contribution in [3.63, 3.8) is 0 Å². The number of benzene rings is 1. The Morgan fingerprint density at radius 1 is 1.25 bits per heavy atom. The van der Waals surface area contributed by atoms with Crippen LogP contribution in [0.25, 0.3) is 0 Å². The van der Waals surface area contributed by atoms with Crippen LogP contribution in [-0.4, -0.2) is 53.9 Å². The van der Waals surface area contributed by atoms with Crippen molar-refractivity contribution in [2.45, 2.75) is 24.2 Å². The summed E-state index contributed by atoms with van der Waals surface area (Å²) in [6, 6.07) is 5.79. The van der Waals surface area contributed by atoms with Crippen molar-refractivity contribution in [1.29, 1.82) is 0 Å². The molecule has 0 unspecified atom stereocenters. The molecule has 24 heavy (non-hydrogen) atoms. The van der Waals surface area contributed by atoms with Crippen LogP contribution in [0.15, 0.2) is 23.1 Å². The smallest absolute Gasteiger partial charge is 0.308 e. The van der Waals surface area contributed by atoms with Gasteiger partial charge in [0, 0.05) is 30.2 Å². The third-order valence-electron chi connectivity index (χ3n) is 4.22. The number of carboxylic acid groups (broad SMARTS) is 1. The van der Waals surface area contributed by atoms with Gasteiger partial charge in [0.1, 0.15) is 13.2 Å². The van der Waals surface area contributed by atoms with Crippen LogP contribution in [-0.2, 0) is 9.59 Å². The molecule has 7 heteroatoms. The van der Waals surface area contributed by atoms with Gasteiger partial charge >= 0.3 is 5.97 Å². The van der Waals surface area contributed by atoms with Crippen LogP contribution >= 0.6 is 11.8 Å². The molecule has 0 aromatic heterocycles. The Morgan fingerprint density at radius 2 is 2.04 bits per heavy atom. The number of nitrogens with zero attached hydrogens (tertiary/aromatic N) is 1. The number of piperidine rings is 1. The lowest BCUT2D eigenvalue weighted by atomic mass is 9.98. The fourth-order valence-electron chi connectivity index (χ4n) is 2.93. The SMILES string of the molecule is O=C(O)[C@@H]1CCCN(C(=O)CCSc2ccc3c(c2)OCCO3)C1. The molecule has 1 amide bonds. The molecule has 0 radical (unpaired) electrons. The second-order valence-corrected chi connectivity index (χ2v) is 7.09. The minimum absolute atomic E-state index is 0.0333. The van der Waals surface area contributed by atoms with E-state index in [0.717, 1.165) is 22.8 Å². The highest BCUT2D eigenvalue weighted by Gasteiger charge is 2.27. The molecule has 1 atom stereocenters. The third kappa shape index (κ3) is 4.14. The molecule has 0 spiro atoms. The van der Waals surface area contributed by atoms with E-state index in [-0.39, 0.29) is 5.91 Å². The van der Waals surface area contributed by atoms with Crippen molar-refractivity contribution in [2.24, 2.45) is 5.92 Å². The third-order valence-corrected chi connectivity index (χ3v) is 5.22. The van der Waals surface area contributed by atoms with Gasteiger partial charge < -0.3 is 19.5 Å². The van der Waals surface area contributed by atoms with Gasteiger partial charge in [0.15, 0.2) is 11.5 Å². The van der Waals surface area contributed by atoms with Crippen molar-refractivity contribution in [2.75, 3.05) is 32.1 Å². The first-order valence-electron chi connectivity index (χ1n) is 8.16. The van der Waals surface area contributed by atoms with Crippen LogP contribution in [0.3, 0.4) is 0 Å². The summed E-state index contributed by atoms with van der Waals surface area (Å²) < 4.78 is 11.0. The second kappa shape index (κ2) is 7.79. The fourth-order valence-corrected chi connectivity index (χ4v) is 3.80. The minimum Gasteiger partial charge on any atom is -0.486 e. The summed E-state index contributed by atoms with van der Waals surface area (Å²) in [5.74, 6) is 0.970. The molecule has 130 valence electrons. The van der Waals surface area contributed by atoms with Crippen molar-refractivity contribution in [3.05, 3.63) is 18.2 Å². The lowest BCUT2D eigenvalue weighted by Gasteiger charge is -2.30. The number of likely N-dealkylation sites (tertiary alicyclic amines) is 1. The van der Waals surface area contributed by atoms with E-state index in [2.05, 4.69) is 0 Å². The Morgan fingerprint density at radius 3 is 2.83 bits per heavy atom. The largest absolute Gasteiger partial charge is 0.486 e. The first-order valence-corrected chi connectivity index (χ1v) is 9.15. The zero-order chi connectivity index (χ0) is 16.9. The quantitative estimate of drug-likeness (QED) is 0.820. The van der Waals surface area contributed by atoms with E-state index < -0.39 is 11.9 Å². The Balaban J connectivity index is 1.47. The Labute approximate surface area is 145 Å². The molecule has 2 aliphatic heterocycles. The summed E-state index contributed by atoms with van der Waals surface area (Å²) in [5, 5.41) is 9.10. The number of aliphatic carboxylic acids is 1. The van der Waals surface area contributed by atoms with E-state index in [9.17, 15) is 9.59 Å². The van der Waals surface area contributed by atoms with Crippen molar-refractivity contribution in [3.8, 4) is 11.5 Å². The molecule has 2 heterocycles. The lowest BCUT2D eigenvalue weighted by Crippen LogP contribution is -2.42. The highest BCUT2D eigenvalue weighted by Crippen LogP contribution is 2.34. The zero-order valence-electron chi connectivity index (χ0n) is 13.4. The van der Waals surface area contributed by atoms with Crippen molar-refractivity contribution < 1.29 is 24.2 Å². The highest BCUT2D eigenvalue weighted by molar-refractivity contribution is 7.99. The fraction of sp³-hybridized carbons (Fsp3) is 0.529. The van der Waals surface area contributed by atoms with E-state index in [1.165, 1.54) is 0 Å². The van der Waals surface area contributed by atoms with Gasteiger partial charge in [0.05, 0.1) is 5.92 Å². The van der Waals surface area contributed by atoms with Crippen LogP contribution in [0, 0.1) is 5.92 Å². The lowest BCUT2D eigenvalue weighted by molar-refractivity contribution is -0.145. The number of thioether (sulfide) groups is 1. The molecule has 0 bridgehead atoms. The summed E-state index contributed by atoms with van der Waals surface area (Å²) in [4.78, 5) is 26.1. The standard InChI is InChI=1S/C17H21NO5S/c19-16(18-6-1-2-12(11-18)17(20)21)5-9-24-13-3-4-14-15(10-13)23-8-7-22-14/h3-4,10,12H,1-2,5-9,11H2,(H,20,21)/t12-/m1/s1. The van der Waals surface area contributed by atoms with Gasteiger partial charge in [-0.3, -0.25) is 9.59 Å². The van der Waals surface area contributed by atoms with Gasteiger partial charge in [-0.1, -0.05) is 0 Å². The molecular formula is C17H21NO5S. The van der Waals surface area contributed by atoms with Crippen LogP contribution in [0.1, 0.15) is 19.3 Å². The number of rotatable bonds is 5. The summed E-state index contributed by atoms with van der Waals surface area (Å²) in [7, 11) is 0. The summed E-state index contributed by atoms with van der Waals surface area (Å²) >= 11 is 1.59. The van der Waals surface area contributed by atoms with Crippen LogP contribution in [0.4, 0.5) is 0 Å². The first-order chi connectivity index (χ1) is 11.6. The first kappa shape index (κ1) is 17.0. The average Bonchev–Trinajstić information content (AvgIpc) is 2.61. The maximum Gasteiger partial charge on any atom is 0.308 e. The summed E-state index contributed by atoms with van der Waals surface area (Å²) in [6.07, 6.45) is 1.83. The minimum atomic E-state index is -0.807. The summed E-state index contributed by atoms with van der Waals surface area (Å²) in [5.41, 5.74) is 0. The maximum atomic E-state index is 12.3. The zero-order valence-corrected chi connectivity index (χ0v) is 14.2. The monoisotopic (exact) mass is 351 g/mol. The number of hydrogen-bond donors (Lipinski definition) is 1. The number of ether oxygens (including phenoxy) is 2. The Kier molecular flexibility index (Phi) is 5.50. The Bertz CT molecular complexity index is 621. The highest BCUT2D eigenvalue weighted by atomic mass is 32.2. The molecule has 0 aliphatic carbocycles. The van der Waals surface area contributed by atoms with Crippen molar-refractivity contribution in [1.82, 2.24) is 4.90 Å². The number of fused-ring (bicyclic) bond motifs is 1. The molecule has 0 saturated carbocycles. The molecule has 1 N–H and O–H groups in total. The normalized spacial score (nSPS) is 19.8. The van der Waals surface area contributed by atoms with Crippen LogP contribution in [0.2, 0.25) is 0 Å². The maximum absolute atomic E-state index is 12.3. The van der Waals surface area contributed by atoms with Gasteiger partial charge in [-0.15, -0.1) is 11.8 Å². The molecule has 2 aliphatic rings. The van der Waals surface area contributed by atoms with Gasteiger partial charge in [-0.25, -0.2) is 0 Å². The number of hydrogen-bond acceptors (Lipinski definition) is 5. The van der Waals surface area contributed by atoms with Gasteiger partial charge in [-0.05, 0) is 31.0 Å². The van der Waals surface area contributed by atoms with Gasteiger partial charge in [-0.2, -0.15) is 0 Å². The van der Waals surface area contributed by atoms with E-state index in [0.29, 0.717) is 44.9 Å². The van der Waals surface area contributed by atoms with E-state index in [4.69, 9.17) is 14.6 Å². The van der Waals surface area contributed by atoms with Crippen molar-refractivity contribution >= 4 is 23.6 Å². The van der Waals surface area contributed by atoms with E-state index >= 15 is 0 Å². The van der Waals surface area contributed by atoms with Crippen LogP contribution < -0.4 is 9.47 Å². The van der Waals surface area contributed by atoms with Gasteiger partial charge in [0.2, 0.25) is 5.91 Å². The molecule has 1 saturated heterocycles. The summed E-state index contributed by atoms with van der Waals surface area (Å²) in [6.45, 7) is 2.13. The van der Waals surface area contributed by atoms with E-state index in [1.54, 1.807) is 16.7 Å². The predicted octanol–water partition coefficient (Wildman–Crippen LogP) is 2.26. The molecule has 3 rings (SSSR count). The Hall–Kier alpha value is -1.89. The molecule has 1 aromatic rings. The topological polar surface area (TPSA) is 76.1 Å². The molecular weight excluding hydrogens is 330 g/mol. The number of amides is 1. The number of carbonyl (C=O) groups excluding carboxylic acids is 1. The average molecular weight is 351 g/mol. The van der Waals surface area contributed by atoms with Gasteiger partial charge in [0.25, 0.3) is 0 Å². The van der Waals surface area contributed by atoms with Crippen LogP contribution in [0.5, 0.6) is 11.5 Å².